The van der Waals surface area contributed by atoms with Crippen molar-refractivity contribution in [1.82, 2.24) is 9.97 Å². The van der Waals surface area contributed by atoms with Gasteiger partial charge in [-0.1, -0.05) is 12.1 Å². The van der Waals surface area contributed by atoms with E-state index in [0.29, 0.717) is 17.2 Å². The maximum absolute atomic E-state index is 13.0. The Balaban J connectivity index is 1.76. The van der Waals surface area contributed by atoms with Crippen molar-refractivity contribution in [2.45, 2.75) is 17.7 Å². The molecule has 1 fully saturated rings. The van der Waals surface area contributed by atoms with Crippen LogP contribution < -0.4 is 10.2 Å². The summed E-state index contributed by atoms with van der Waals surface area (Å²) >= 11 is 1.41. The van der Waals surface area contributed by atoms with E-state index in [1.54, 1.807) is 6.07 Å². The molecule has 1 amide bonds. The number of nitrogens with one attached hydrogen (secondary N) is 1. The molecule has 9 heteroatoms. The molecule has 1 saturated heterocycles. The average Bonchev–Trinajstić information content (AvgIpc) is 3.27. The number of carbonyl (C=O) groups is 1. The lowest BCUT2D eigenvalue weighted by Gasteiger charge is -2.20. The second-order valence-corrected chi connectivity index (χ2v) is 7.55. The minimum atomic E-state index is -0.572. The summed E-state index contributed by atoms with van der Waals surface area (Å²) in [5.41, 5.74) is 1.15. The molecule has 1 aromatic heterocycles. The fraction of sp³-hybridized carbons (Fsp3) is 0.250. The van der Waals surface area contributed by atoms with Gasteiger partial charge >= 0.3 is 0 Å². The molecule has 2 aromatic carbocycles. The van der Waals surface area contributed by atoms with Gasteiger partial charge in [-0.15, -0.1) is 11.8 Å². The van der Waals surface area contributed by atoms with E-state index in [1.807, 2.05) is 30.5 Å². The number of nitrogens with zero attached hydrogens (tertiary/aromatic N) is 4. The summed E-state index contributed by atoms with van der Waals surface area (Å²) in [6.45, 7) is 1.66. The molecule has 1 aliphatic rings. The third-order valence-corrected chi connectivity index (χ3v) is 5.56. The second kappa shape index (κ2) is 8.04. The van der Waals surface area contributed by atoms with Gasteiger partial charge in [-0.05, 0) is 43.4 Å². The van der Waals surface area contributed by atoms with Gasteiger partial charge in [0.05, 0.1) is 16.0 Å². The van der Waals surface area contributed by atoms with Crippen molar-refractivity contribution in [3.05, 3.63) is 58.1 Å². The van der Waals surface area contributed by atoms with E-state index >= 15 is 0 Å². The van der Waals surface area contributed by atoms with E-state index in [-0.39, 0.29) is 11.3 Å². The van der Waals surface area contributed by atoms with Crippen molar-refractivity contribution in [2.75, 3.05) is 29.6 Å². The first kappa shape index (κ1) is 19.1. The van der Waals surface area contributed by atoms with Crippen LogP contribution in [0.3, 0.4) is 0 Å². The van der Waals surface area contributed by atoms with Crippen molar-refractivity contribution < 1.29 is 9.72 Å². The first-order valence-corrected chi connectivity index (χ1v) is 10.4. The Hall–Kier alpha value is -3.20. The predicted molar refractivity (Wildman–Crippen MR) is 114 cm³/mol. The van der Waals surface area contributed by atoms with E-state index in [1.165, 1.54) is 23.9 Å². The number of nitro groups is 1. The van der Waals surface area contributed by atoms with Crippen molar-refractivity contribution >= 4 is 46.0 Å². The van der Waals surface area contributed by atoms with Crippen molar-refractivity contribution in [2.24, 2.45) is 0 Å². The van der Waals surface area contributed by atoms with Crippen molar-refractivity contribution in [3.63, 3.8) is 0 Å². The van der Waals surface area contributed by atoms with Gasteiger partial charge in [0.2, 0.25) is 0 Å². The lowest BCUT2D eigenvalue weighted by Crippen LogP contribution is -2.23. The lowest BCUT2D eigenvalue weighted by atomic mass is 10.1. The molecule has 0 radical (unpaired) electrons. The molecule has 0 unspecified atom stereocenters. The van der Waals surface area contributed by atoms with Crippen LogP contribution in [-0.2, 0) is 0 Å². The smallest absolute Gasteiger partial charge is 0.282 e. The summed E-state index contributed by atoms with van der Waals surface area (Å²) in [6, 6.07) is 12.0. The molecular formula is C20H19N5O3S. The molecule has 148 valence electrons. The maximum atomic E-state index is 13.0. The zero-order valence-corrected chi connectivity index (χ0v) is 16.6. The Kier molecular flexibility index (Phi) is 5.30. The van der Waals surface area contributed by atoms with Crippen LogP contribution in [0.2, 0.25) is 0 Å². The molecule has 0 saturated carbocycles. The number of aromatic nitrogens is 2. The van der Waals surface area contributed by atoms with Crippen LogP contribution in [0, 0.1) is 10.1 Å². The molecule has 29 heavy (non-hydrogen) atoms. The average molecular weight is 409 g/mol. The van der Waals surface area contributed by atoms with Crippen LogP contribution in [0.4, 0.5) is 17.3 Å². The summed E-state index contributed by atoms with van der Waals surface area (Å²) in [6.07, 6.45) is 3.94. The number of amides is 1. The molecule has 0 atom stereocenters. The van der Waals surface area contributed by atoms with Gasteiger partial charge in [-0.3, -0.25) is 14.9 Å². The molecule has 1 N–H and O–H groups in total. The second-order valence-electron chi connectivity index (χ2n) is 6.67. The lowest BCUT2D eigenvalue weighted by molar-refractivity contribution is -0.385. The normalized spacial score (nSPS) is 13.6. The highest BCUT2D eigenvalue weighted by Gasteiger charge is 2.25. The number of nitro benzene ring substituents is 1. The first-order chi connectivity index (χ1) is 14.1. The SMILES string of the molecule is CSc1ccc([N+](=O)[O-])c(C(=O)Nc2nc3ccccc3nc2N2CCCC2)c1. The van der Waals surface area contributed by atoms with Gasteiger partial charge in [-0.25, -0.2) is 9.97 Å². The topological polar surface area (TPSA) is 101 Å². The summed E-state index contributed by atoms with van der Waals surface area (Å²) in [5, 5.41) is 14.2. The highest BCUT2D eigenvalue weighted by atomic mass is 32.2. The van der Waals surface area contributed by atoms with Crippen LogP contribution in [0.25, 0.3) is 11.0 Å². The van der Waals surface area contributed by atoms with E-state index in [4.69, 9.17) is 4.98 Å². The molecule has 8 nitrogen and oxygen atoms in total. The number of anilines is 2. The maximum Gasteiger partial charge on any atom is 0.282 e. The Morgan fingerprint density at radius 1 is 1.14 bits per heavy atom. The molecule has 1 aliphatic heterocycles. The van der Waals surface area contributed by atoms with Gasteiger partial charge in [0.15, 0.2) is 11.6 Å². The summed E-state index contributed by atoms with van der Waals surface area (Å²) < 4.78 is 0. The summed E-state index contributed by atoms with van der Waals surface area (Å²) in [7, 11) is 0. The van der Waals surface area contributed by atoms with E-state index in [2.05, 4.69) is 15.2 Å². The molecule has 4 rings (SSSR count). The molecule has 0 spiro atoms. The predicted octanol–water partition coefficient (Wildman–Crippen LogP) is 4.11. The molecule has 2 heterocycles. The number of carbonyl (C=O) groups excluding carboxylic acids is 1. The van der Waals surface area contributed by atoms with Crippen molar-refractivity contribution in [3.8, 4) is 0 Å². The van der Waals surface area contributed by atoms with Crippen LogP contribution in [0.1, 0.15) is 23.2 Å². The molecule has 0 bridgehead atoms. The third kappa shape index (κ3) is 3.86. The van der Waals surface area contributed by atoms with Gasteiger partial charge in [-0.2, -0.15) is 0 Å². The number of thioether (sulfide) groups is 1. The van der Waals surface area contributed by atoms with E-state index in [0.717, 1.165) is 36.3 Å². The van der Waals surface area contributed by atoms with Gasteiger partial charge in [0.1, 0.15) is 5.56 Å². The quantitative estimate of drug-likeness (QED) is 0.384. The monoisotopic (exact) mass is 409 g/mol. The van der Waals surface area contributed by atoms with Crippen LogP contribution in [0.15, 0.2) is 47.4 Å². The number of fused-ring (bicyclic) bond motifs is 1. The fourth-order valence-electron chi connectivity index (χ4n) is 3.38. The largest absolute Gasteiger partial charge is 0.354 e. The highest BCUT2D eigenvalue weighted by molar-refractivity contribution is 7.98. The van der Waals surface area contributed by atoms with Gasteiger partial charge in [0, 0.05) is 24.1 Å². The Bertz CT molecular complexity index is 1100. The van der Waals surface area contributed by atoms with Crippen LogP contribution >= 0.6 is 11.8 Å². The number of rotatable bonds is 5. The third-order valence-electron chi connectivity index (χ3n) is 4.83. The van der Waals surface area contributed by atoms with Crippen LogP contribution in [-0.4, -0.2) is 40.1 Å². The Labute approximate surface area is 171 Å². The highest BCUT2D eigenvalue weighted by Crippen LogP contribution is 2.30. The summed E-state index contributed by atoms with van der Waals surface area (Å²) in [5.74, 6) is 0.343. The minimum Gasteiger partial charge on any atom is -0.354 e. The summed E-state index contributed by atoms with van der Waals surface area (Å²) in [4.78, 5) is 36.0. The first-order valence-electron chi connectivity index (χ1n) is 9.22. The molecule has 0 aliphatic carbocycles. The zero-order chi connectivity index (χ0) is 20.4. The Morgan fingerprint density at radius 3 is 2.48 bits per heavy atom. The van der Waals surface area contributed by atoms with Crippen LogP contribution in [0.5, 0.6) is 0 Å². The zero-order valence-electron chi connectivity index (χ0n) is 15.8. The Morgan fingerprint density at radius 2 is 1.83 bits per heavy atom. The van der Waals surface area contributed by atoms with Gasteiger partial charge < -0.3 is 10.2 Å². The number of hydrogen-bond acceptors (Lipinski definition) is 7. The molecular weight excluding hydrogens is 390 g/mol. The van der Waals surface area contributed by atoms with Gasteiger partial charge in [0.25, 0.3) is 11.6 Å². The van der Waals surface area contributed by atoms with Crippen molar-refractivity contribution in [1.29, 1.82) is 0 Å². The minimum absolute atomic E-state index is 0.00387. The number of para-hydroxylation sites is 2. The number of hydrogen-bond donors (Lipinski definition) is 1. The number of benzene rings is 2. The molecule has 3 aromatic rings. The fourth-order valence-corrected chi connectivity index (χ4v) is 3.82. The standard InChI is InChI=1S/C20H19N5O3S/c1-29-13-8-9-17(25(27)28)14(12-13)20(26)23-18-19(24-10-4-5-11-24)22-16-7-3-2-6-15(16)21-18/h2-3,6-9,12H,4-5,10-11H2,1H3,(H,21,23,26). The van der Waals surface area contributed by atoms with E-state index in [9.17, 15) is 14.9 Å². The van der Waals surface area contributed by atoms with E-state index < -0.39 is 10.8 Å².